The molecule has 5 nitrogen and oxygen atoms in total. The van der Waals surface area contributed by atoms with E-state index >= 15 is 0 Å². The van der Waals surface area contributed by atoms with Crippen molar-refractivity contribution in [2.24, 2.45) is 11.8 Å². The highest BCUT2D eigenvalue weighted by atomic mass is 79.9. The summed E-state index contributed by atoms with van der Waals surface area (Å²) in [6, 6.07) is 8.70. The predicted octanol–water partition coefficient (Wildman–Crippen LogP) is 6.60. The van der Waals surface area contributed by atoms with Gasteiger partial charge in [-0.2, -0.15) is 0 Å². The Balaban J connectivity index is 1.16. The van der Waals surface area contributed by atoms with Crippen molar-refractivity contribution in [2.45, 2.75) is 95.2 Å². The van der Waals surface area contributed by atoms with Crippen molar-refractivity contribution in [3.05, 3.63) is 53.2 Å². The number of hydrogen-bond acceptors (Lipinski definition) is 4. The van der Waals surface area contributed by atoms with E-state index in [1.165, 1.54) is 62.3 Å². The Morgan fingerprint density at radius 1 is 1.03 bits per heavy atom. The van der Waals surface area contributed by atoms with Crippen LogP contribution in [0.1, 0.15) is 97.6 Å². The molecule has 1 aromatic heterocycles. The van der Waals surface area contributed by atoms with Crippen LogP contribution >= 0.6 is 15.9 Å². The van der Waals surface area contributed by atoms with E-state index in [0.717, 1.165) is 43.4 Å². The second-order valence-electron chi connectivity index (χ2n) is 10.7. The topological polar surface area (TPSA) is 64.4 Å². The predicted molar refractivity (Wildman–Crippen MR) is 141 cm³/mol. The van der Waals surface area contributed by atoms with Crippen LogP contribution in [0.4, 0.5) is 0 Å². The molecule has 0 unspecified atom stereocenters. The van der Waals surface area contributed by atoms with Crippen LogP contribution in [0.15, 0.2) is 34.9 Å². The number of carbonyl (C=O) groups excluding carboxylic acids is 1. The Morgan fingerprint density at radius 2 is 1.83 bits per heavy atom. The van der Waals surface area contributed by atoms with Crippen molar-refractivity contribution in [2.75, 3.05) is 11.9 Å². The van der Waals surface area contributed by atoms with Gasteiger partial charge in [-0.15, -0.1) is 0 Å². The lowest BCUT2D eigenvalue weighted by Crippen LogP contribution is -2.28. The molecule has 2 bridgehead atoms. The van der Waals surface area contributed by atoms with Crippen molar-refractivity contribution in [1.29, 1.82) is 0 Å². The number of ether oxygens (including phenoxy) is 1. The van der Waals surface area contributed by atoms with Gasteiger partial charge in [0, 0.05) is 17.8 Å². The Hall–Kier alpha value is -1.66. The van der Waals surface area contributed by atoms with Crippen LogP contribution in [0.3, 0.4) is 0 Å². The molecular weight excluding hydrogens is 504 g/mol. The van der Waals surface area contributed by atoms with Gasteiger partial charge in [0.1, 0.15) is 6.26 Å². The first-order chi connectivity index (χ1) is 17.2. The largest absolute Gasteiger partial charge is 0.448 e. The molecule has 2 aliphatic heterocycles. The van der Waals surface area contributed by atoms with E-state index in [9.17, 15) is 4.79 Å². The summed E-state index contributed by atoms with van der Waals surface area (Å²) in [5.41, 5.74) is 3.17. The number of benzene rings is 1. The number of nitrogens with zero attached hydrogens (tertiary/aromatic N) is 1. The molecule has 0 radical (unpaired) electrons. The van der Waals surface area contributed by atoms with Gasteiger partial charge in [0.05, 0.1) is 18.1 Å². The zero-order chi connectivity index (χ0) is 24.0. The van der Waals surface area contributed by atoms with E-state index in [4.69, 9.17) is 9.15 Å². The molecule has 5 rings (SSSR count). The minimum atomic E-state index is -0.124. The molecule has 2 aromatic rings. The van der Waals surface area contributed by atoms with E-state index in [1.807, 2.05) is 0 Å². The maximum Gasteiger partial charge on any atom is 0.273 e. The quantitative estimate of drug-likeness (QED) is 0.256. The molecule has 190 valence electrons. The van der Waals surface area contributed by atoms with E-state index < -0.39 is 0 Å². The first-order valence-electron chi connectivity index (χ1n) is 13.7. The lowest BCUT2D eigenvalue weighted by atomic mass is 9.75. The molecule has 1 aromatic carbocycles. The summed E-state index contributed by atoms with van der Waals surface area (Å²) in [7, 11) is 0. The number of hydrogen-bond donors (Lipinski definition) is 1. The second-order valence-corrected chi connectivity index (χ2v) is 11.5. The summed E-state index contributed by atoms with van der Waals surface area (Å²) in [6.07, 6.45) is 16.6. The van der Waals surface area contributed by atoms with Crippen LogP contribution in [0.25, 0.3) is 0 Å². The van der Waals surface area contributed by atoms with Gasteiger partial charge in [0.2, 0.25) is 5.89 Å². The highest BCUT2D eigenvalue weighted by molar-refractivity contribution is 9.09. The van der Waals surface area contributed by atoms with Gasteiger partial charge in [-0.1, -0.05) is 85.1 Å². The number of halogens is 1. The Labute approximate surface area is 217 Å². The number of oxazole rings is 1. The zero-order valence-corrected chi connectivity index (χ0v) is 22.3. The third kappa shape index (κ3) is 6.02. The van der Waals surface area contributed by atoms with E-state index in [2.05, 4.69) is 50.5 Å². The van der Waals surface area contributed by atoms with Crippen molar-refractivity contribution in [1.82, 2.24) is 10.3 Å². The standard InChI is InChI=1S/C29H39BrN2O3/c30-16-15-21-11-4-5-12-22(21)18-23-25-13-14-26(35-25)27(23)29-32-24(19-34-29)28(33)31-17-7-6-10-20-8-2-1-3-9-20/h4-5,11-12,19-20,23,25-27H,1-3,6-10,13-18H2,(H,31,33)/t23-,25-,26+,27-/m0/s1. The van der Waals surface area contributed by atoms with Crippen LogP contribution < -0.4 is 5.32 Å². The number of amides is 1. The van der Waals surface area contributed by atoms with Crippen molar-refractivity contribution >= 4 is 21.8 Å². The molecule has 3 aliphatic rings. The molecule has 1 amide bonds. The molecule has 1 aliphatic carbocycles. The second kappa shape index (κ2) is 12.1. The number of aryl methyl sites for hydroxylation is 1. The van der Waals surface area contributed by atoms with Gasteiger partial charge < -0.3 is 14.5 Å². The van der Waals surface area contributed by atoms with Crippen molar-refractivity contribution in [3.63, 3.8) is 0 Å². The van der Waals surface area contributed by atoms with Gasteiger partial charge in [-0.05, 0) is 49.1 Å². The highest BCUT2D eigenvalue weighted by Gasteiger charge is 2.51. The lowest BCUT2D eigenvalue weighted by molar-refractivity contribution is 0.0897. The zero-order valence-electron chi connectivity index (χ0n) is 20.7. The van der Waals surface area contributed by atoms with Gasteiger partial charge in [-0.3, -0.25) is 4.79 Å². The van der Waals surface area contributed by atoms with Crippen molar-refractivity contribution < 1.29 is 13.9 Å². The molecule has 0 spiro atoms. The molecular formula is C29H39BrN2O3. The van der Waals surface area contributed by atoms with Gasteiger partial charge >= 0.3 is 0 Å². The SMILES string of the molecule is O=C(NCCCCC1CCCCC1)c1coc([C@H]2[C@@H](Cc3ccccc3CCBr)[C@@H]3CC[C@H]2O3)n1. The molecule has 6 heteroatoms. The molecule has 4 atom stereocenters. The average molecular weight is 544 g/mol. The Morgan fingerprint density at radius 3 is 2.66 bits per heavy atom. The molecule has 35 heavy (non-hydrogen) atoms. The minimum Gasteiger partial charge on any atom is -0.448 e. The van der Waals surface area contributed by atoms with E-state index in [1.54, 1.807) is 0 Å². The lowest BCUT2D eigenvalue weighted by Gasteiger charge is -2.26. The van der Waals surface area contributed by atoms with Crippen LogP contribution in [-0.4, -0.2) is 35.0 Å². The fraction of sp³-hybridized carbons (Fsp3) is 0.655. The smallest absolute Gasteiger partial charge is 0.273 e. The summed E-state index contributed by atoms with van der Waals surface area (Å²) < 4.78 is 12.2. The van der Waals surface area contributed by atoms with Crippen LogP contribution in [0.2, 0.25) is 0 Å². The number of nitrogens with one attached hydrogen (secondary N) is 1. The maximum atomic E-state index is 12.7. The van der Waals surface area contributed by atoms with Crippen LogP contribution in [0, 0.1) is 11.8 Å². The summed E-state index contributed by atoms with van der Waals surface area (Å²) >= 11 is 3.59. The number of unbranched alkanes of at least 4 members (excludes halogenated alkanes) is 1. The van der Waals surface area contributed by atoms with Crippen LogP contribution in [0.5, 0.6) is 0 Å². The Bertz CT molecular complexity index is 970. The molecule has 3 heterocycles. The first kappa shape index (κ1) is 25.0. The van der Waals surface area contributed by atoms with Gasteiger partial charge in [0.15, 0.2) is 5.69 Å². The fourth-order valence-corrected chi connectivity index (χ4v) is 7.03. The third-order valence-corrected chi connectivity index (χ3v) is 8.85. The number of fused-ring (bicyclic) bond motifs is 2. The number of rotatable bonds is 11. The maximum absolute atomic E-state index is 12.7. The Kier molecular flexibility index (Phi) is 8.61. The molecule has 2 saturated heterocycles. The fourth-order valence-electron chi connectivity index (χ4n) is 6.60. The van der Waals surface area contributed by atoms with Gasteiger partial charge in [-0.25, -0.2) is 4.98 Å². The van der Waals surface area contributed by atoms with E-state index in [-0.39, 0.29) is 24.0 Å². The summed E-state index contributed by atoms with van der Waals surface area (Å²) in [5.74, 6) is 1.90. The number of carbonyl (C=O) groups is 1. The summed E-state index contributed by atoms with van der Waals surface area (Å²) in [4.78, 5) is 17.4. The third-order valence-electron chi connectivity index (χ3n) is 8.45. The summed E-state index contributed by atoms with van der Waals surface area (Å²) in [6.45, 7) is 0.706. The number of aromatic nitrogens is 1. The molecule has 1 N–H and O–H groups in total. The highest BCUT2D eigenvalue weighted by Crippen LogP contribution is 2.50. The van der Waals surface area contributed by atoms with Crippen LogP contribution in [-0.2, 0) is 17.6 Å². The number of alkyl halides is 1. The van der Waals surface area contributed by atoms with E-state index in [0.29, 0.717) is 24.0 Å². The minimum absolute atomic E-state index is 0.114. The van der Waals surface area contributed by atoms with Gasteiger partial charge in [0.25, 0.3) is 5.91 Å². The van der Waals surface area contributed by atoms with Crippen molar-refractivity contribution in [3.8, 4) is 0 Å². The first-order valence-corrected chi connectivity index (χ1v) is 14.9. The normalized spacial score (nSPS) is 26.3. The average Bonchev–Trinajstić information content (AvgIpc) is 3.63. The summed E-state index contributed by atoms with van der Waals surface area (Å²) in [5, 5.41) is 4.01. The molecule has 1 saturated carbocycles. The molecule has 3 fully saturated rings. The monoisotopic (exact) mass is 542 g/mol.